The maximum absolute atomic E-state index is 12.3. The van der Waals surface area contributed by atoms with Crippen molar-refractivity contribution in [3.05, 3.63) is 0 Å². The molecule has 0 aromatic heterocycles. The minimum Gasteiger partial charge on any atom is -0.467 e. The number of carbonyl (C=O) groups excluding carboxylic acids is 2. The lowest BCUT2D eigenvalue weighted by molar-refractivity contribution is -0.156. The highest BCUT2D eigenvalue weighted by molar-refractivity contribution is 5.87. The van der Waals surface area contributed by atoms with Crippen LogP contribution < -0.4 is 0 Å². The first-order valence-electron chi connectivity index (χ1n) is 6.16. The summed E-state index contributed by atoms with van der Waals surface area (Å²) in [5.41, 5.74) is 0. The lowest BCUT2D eigenvalue weighted by atomic mass is 10.1. The van der Waals surface area contributed by atoms with Gasteiger partial charge in [0.2, 0.25) is 0 Å². The molecule has 1 aliphatic carbocycles. The Morgan fingerprint density at radius 3 is 2.53 bits per heavy atom. The van der Waals surface area contributed by atoms with E-state index in [0.717, 1.165) is 25.7 Å². The summed E-state index contributed by atoms with van der Waals surface area (Å²) in [7, 11) is 1.35. The zero-order valence-electron chi connectivity index (χ0n) is 10.3. The first-order chi connectivity index (χ1) is 8.15. The third-order valence-corrected chi connectivity index (χ3v) is 3.36. The van der Waals surface area contributed by atoms with Gasteiger partial charge in [-0.05, 0) is 32.6 Å². The lowest BCUT2D eigenvalue weighted by Crippen LogP contribution is -2.49. The second kappa shape index (κ2) is 5.04. The molecule has 0 bridgehead atoms. The molecule has 1 amide bonds. The number of nitrogens with zero attached hydrogens (tertiary/aromatic N) is 1. The fourth-order valence-electron chi connectivity index (χ4n) is 2.26. The highest BCUT2D eigenvalue weighted by atomic mass is 16.5. The van der Waals surface area contributed by atoms with Crippen molar-refractivity contribution < 1.29 is 19.1 Å². The molecule has 0 radical (unpaired) electrons. The monoisotopic (exact) mass is 241 g/mol. The summed E-state index contributed by atoms with van der Waals surface area (Å²) in [4.78, 5) is 25.5. The number of methoxy groups -OCH3 is 1. The first-order valence-corrected chi connectivity index (χ1v) is 6.16. The Morgan fingerprint density at radius 2 is 2.06 bits per heavy atom. The topological polar surface area (TPSA) is 55.8 Å². The standard InChI is InChI=1S/C12H19NO4/c1-8(12(15)16-2)13(9-5-6-9)11(14)10-4-3-7-17-10/h8-10H,3-7H2,1-2H3/t8-,10+/m0/s1. The first kappa shape index (κ1) is 12.4. The van der Waals surface area contributed by atoms with Crippen molar-refractivity contribution in [3.63, 3.8) is 0 Å². The van der Waals surface area contributed by atoms with Gasteiger partial charge in [-0.15, -0.1) is 0 Å². The number of hydrogen-bond donors (Lipinski definition) is 0. The van der Waals surface area contributed by atoms with Gasteiger partial charge < -0.3 is 14.4 Å². The van der Waals surface area contributed by atoms with E-state index in [0.29, 0.717) is 6.61 Å². The van der Waals surface area contributed by atoms with E-state index in [2.05, 4.69) is 0 Å². The Kier molecular flexibility index (Phi) is 3.66. The summed E-state index contributed by atoms with van der Waals surface area (Å²) >= 11 is 0. The summed E-state index contributed by atoms with van der Waals surface area (Å²) in [6, 6.07) is -0.315. The van der Waals surface area contributed by atoms with Crippen LogP contribution in [-0.2, 0) is 19.1 Å². The van der Waals surface area contributed by atoms with Crippen LogP contribution in [0.2, 0.25) is 0 Å². The number of carbonyl (C=O) groups is 2. The van der Waals surface area contributed by atoms with Gasteiger partial charge in [-0.25, -0.2) is 4.79 Å². The van der Waals surface area contributed by atoms with E-state index in [9.17, 15) is 9.59 Å². The van der Waals surface area contributed by atoms with Crippen LogP contribution in [0.5, 0.6) is 0 Å². The van der Waals surface area contributed by atoms with Crippen LogP contribution in [0, 0.1) is 0 Å². The Hall–Kier alpha value is -1.10. The van der Waals surface area contributed by atoms with Gasteiger partial charge >= 0.3 is 5.97 Å². The highest BCUT2D eigenvalue weighted by Gasteiger charge is 2.42. The van der Waals surface area contributed by atoms with E-state index in [-0.39, 0.29) is 24.0 Å². The molecule has 0 aromatic rings. The fourth-order valence-corrected chi connectivity index (χ4v) is 2.26. The number of esters is 1. The average molecular weight is 241 g/mol. The normalized spacial score (nSPS) is 25.4. The number of amides is 1. The van der Waals surface area contributed by atoms with E-state index >= 15 is 0 Å². The van der Waals surface area contributed by atoms with Gasteiger partial charge in [0.15, 0.2) is 0 Å². The van der Waals surface area contributed by atoms with Crippen LogP contribution in [-0.4, -0.2) is 48.7 Å². The quantitative estimate of drug-likeness (QED) is 0.680. The molecule has 2 aliphatic rings. The molecule has 1 saturated carbocycles. The van der Waals surface area contributed by atoms with Gasteiger partial charge in [0.25, 0.3) is 5.91 Å². The summed E-state index contributed by atoms with van der Waals surface area (Å²) in [5, 5.41) is 0. The molecular formula is C12H19NO4. The third-order valence-electron chi connectivity index (χ3n) is 3.36. The van der Waals surface area contributed by atoms with Crippen molar-refractivity contribution >= 4 is 11.9 Å². The van der Waals surface area contributed by atoms with Crippen molar-refractivity contribution in [3.8, 4) is 0 Å². The number of rotatable bonds is 4. The third kappa shape index (κ3) is 2.60. The van der Waals surface area contributed by atoms with Crippen molar-refractivity contribution in [2.75, 3.05) is 13.7 Å². The van der Waals surface area contributed by atoms with Crippen molar-refractivity contribution in [2.24, 2.45) is 0 Å². The zero-order chi connectivity index (χ0) is 12.4. The van der Waals surface area contributed by atoms with Crippen molar-refractivity contribution in [1.29, 1.82) is 0 Å². The van der Waals surface area contributed by atoms with Crippen LogP contribution in [0.3, 0.4) is 0 Å². The molecular weight excluding hydrogens is 222 g/mol. The average Bonchev–Trinajstić information content (AvgIpc) is 3.00. The van der Waals surface area contributed by atoms with Crippen LogP contribution in [0.25, 0.3) is 0 Å². The van der Waals surface area contributed by atoms with Gasteiger partial charge in [-0.3, -0.25) is 4.79 Å². The van der Waals surface area contributed by atoms with Crippen LogP contribution in [0.15, 0.2) is 0 Å². The summed E-state index contributed by atoms with van der Waals surface area (Å²) in [6.45, 7) is 2.36. The SMILES string of the molecule is COC(=O)[C@H](C)N(C(=O)[C@H]1CCCO1)C1CC1. The van der Waals surface area contributed by atoms with Gasteiger partial charge in [0.05, 0.1) is 7.11 Å². The summed E-state index contributed by atoms with van der Waals surface area (Å²) in [6.07, 6.45) is 3.26. The van der Waals surface area contributed by atoms with E-state index in [4.69, 9.17) is 9.47 Å². The molecule has 96 valence electrons. The molecule has 1 heterocycles. The Labute approximate surface area is 101 Å². The molecule has 0 aromatic carbocycles. The minimum atomic E-state index is -0.510. The van der Waals surface area contributed by atoms with Crippen molar-refractivity contribution in [2.45, 2.75) is 50.8 Å². The highest BCUT2D eigenvalue weighted by Crippen LogP contribution is 2.31. The second-order valence-corrected chi connectivity index (χ2v) is 4.68. The van der Waals surface area contributed by atoms with Gasteiger partial charge in [-0.1, -0.05) is 0 Å². The van der Waals surface area contributed by atoms with E-state index in [1.54, 1.807) is 11.8 Å². The molecule has 0 spiro atoms. The molecule has 0 unspecified atom stereocenters. The minimum absolute atomic E-state index is 0.0529. The number of ether oxygens (including phenoxy) is 2. The smallest absolute Gasteiger partial charge is 0.328 e. The second-order valence-electron chi connectivity index (χ2n) is 4.68. The van der Waals surface area contributed by atoms with Gasteiger partial charge in [0.1, 0.15) is 12.1 Å². The largest absolute Gasteiger partial charge is 0.467 e. The predicted molar refractivity (Wildman–Crippen MR) is 60.3 cm³/mol. The fraction of sp³-hybridized carbons (Fsp3) is 0.833. The van der Waals surface area contributed by atoms with E-state index < -0.39 is 6.04 Å². The van der Waals surface area contributed by atoms with Gasteiger partial charge in [-0.2, -0.15) is 0 Å². The molecule has 0 N–H and O–H groups in total. The van der Waals surface area contributed by atoms with Crippen LogP contribution in [0.4, 0.5) is 0 Å². The molecule has 5 heteroatoms. The zero-order valence-corrected chi connectivity index (χ0v) is 10.3. The molecule has 2 atom stereocenters. The molecule has 17 heavy (non-hydrogen) atoms. The number of hydrogen-bond acceptors (Lipinski definition) is 4. The van der Waals surface area contributed by atoms with E-state index in [1.165, 1.54) is 7.11 Å². The maximum Gasteiger partial charge on any atom is 0.328 e. The summed E-state index contributed by atoms with van der Waals surface area (Å²) < 4.78 is 10.1. The summed E-state index contributed by atoms with van der Waals surface area (Å²) in [5.74, 6) is -0.411. The molecule has 1 saturated heterocycles. The van der Waals surface area contributed by atoms with Crippen LogP contribution >= 0.6 is 0 Å². The molecule has 2 rings (SSSR count). The molecule has 2 fully saturated rings. The molecule has 1 aliphatic heterocycles. The van der Waals surface area contributed by atoms with Crippen molar-refractivity contribution in [1.82, 2.24) is 4.90 Å². The predicted octanol–water partition coefficient (Wildman–Crippen LogP) is 0.718. The van der Waals surface area contributed by atoms with E-state index in [1.807, 2.05) is 0 Å². The lowest BCUT2D eigenvalue weighted by Gasteiger charge is -2.29. The maximum atomic E-state index is 12.3. The molecule has 5 nitrogen and oxygen atoms in total. The Morgan fingerprint density at radius 1 is 1.35 bits per heavy atom. The Balaban J connectivity index is 2.05. The van der Waals surface area contributed by atoms with Crippen LogP contribution in [0.1, 0.15) is 32.6 Å². The van der Waals surface area contributed by atoms with Gasteiger partial charge in [0, 0.05) is 12.6 Å². The Bertz CT molecular complexity index is 308.